The topological polar surface area (TPSA) is 86.8 Å². The Morgan fingerprint density at radius 1 is 1.45 bits per heavy atom. The number of ether oxygens (including phenoxy) is 2. The van der Waals surface area contributed by atoms with Crippen LogP contribution in [0.15, 0.2) is 21.5 Å². The number of nitrogens with zero attached hydrogens (tertiary/aromatic N) is 2. The first-order chi connectivity index (χ1) is 9.58. The maximum atomic E-state index is 12.4. The van der Waals surface area contributed by atoms with E-state index >= 15 is 0 Å². The zero-order valence-corrected chi connectivity index (χ0v) is 12.5. The average molecular weight is 346 g/mol. The van der Waals surface area contributed by atoms with Crippen LogP contribution in [-0.4, -0.2) is 43.6 Å². The highest BCUT2D eigenvalue weighted by Gasteiger charge is 2.16. The van der Waals surface area contributed by atoms with E-state index in [4.69, 9.17) is 10.5 Å². The van der Waals surface area contributed by atoms with Crippen molar-refractivity contribution in [3.05, 3.63) is 27.1 Å². The number of hydrogen-bond donors (Lipinski definition) is 1. The molecule has 110 valence electrons. The molecule has 1 aliphatic heterocycles. The lowest BCUT2D eigenvalue weighted by Crippen LogP contribution is -2.40. The molecule has 0 atom stereocenters. The molecule has 7 nitrogen and oxygen atoms in total. The summed E-state index contributed by atoms with van der Waals surface area (Å²) < 4.78 is 12.2. The summed E-state index contributed by atoms with van der Waals surface area (Å²) in [6.07, 6.45) is 0.817. The zero-order valence-electron chi connectivity index (χ0n) is 10.9. The van der Waals surface area contributed by atoms with Crippen LogP contribution in [-0.2, 0) is 16.0 Å². The van der Waals surface area contributed by atoms with Gasteiger partial charge < -0.3 is 24.7 Å². The number of carbonyl (C=O) groups excluding carboxylic acids is 1. The number of halogens is 1. The molecule has 1 saturated heterocycles. The smallest absolute Gasteiger partial charge is 0.404 e. The van der Waals surface area contributed by atoms with Gasteiger partial charge in [0.25, 0.3) is 5.56 Å². The van der Waals surface area contributed by atoms with Gasteiger partial charge in [-0.1, -0.05) is 0 Å². The Balaban J connectivity index is 2.18. The molecule has 1 amide bonds. The molecule has 2 rings (SSSR count). The van der Waals surface area contributed by atoms with Gasteiger partial charge in [0.05, 0.1) is 19.8 Å². The Kier molecular flexibility index (Phi) is 5.02. The van der Waals surface area contributed by atoms with Crippen LogP contribution >= 0.6 is 15.9 Å². The van der Waals surface area contributed by atoms with Gasteiger partial charge in [0, 0.05) is 23.8 Å². The van der Waals surface area contributed by atoms with Gasteiger partial charge in [0.15, 0.2) is 0 Å². The number of aromatic nitrogens is 1. The van der Waals surface area contributed by atoms with Crippen molar-refractivity contribution in [2.24, 2.45) is 5.73 Å². The standard InChI is InChI=1S/C12H16BrN3O4/c13-9-7-10(15-1-4-19-5-2-15)11(17)16(8-9)3-6-20-12(14)18/h7-8H,1-6H2,(H2,14,18). The van der Waals surface area contributed by atoms with Crippen LogP contribution in [0.4, 0.5) is 10.5 Å². The second-order valence-corrected chi connectivity index (χ2v) is 5.22. The van der Waals surface area contributed by atoms with E-state index in [1.165, 1.54) is 4.57 Å². The predicted molar refractivity (Wildman–Crippen MR) is 77.0 cm³/mol. The third-order valence-corrected chi connectivity index (χ3v) is 3.40. The van der Waals surface area contributed by atoms with Gasteiger partial charge in [0.2, 0.25) is 0 Å². The van der Waals surface area contributed by atoms with Crippen LogP contribution in [0.2, 0.25) is 0 Å². The summed E-state index contributed by atoms with van der Waals surface area (Å²) in [5.41, 5.74) is 5.38. The summed E-state index contributed by atoms with van der Waals surface area (Å²) >= 11 is 3.38. The van der Waals surface area contributed by atoms with Gasteiger partial charge in [-0.15, -0.1) is 0 Å². The molecule has 0 spiro atoms. The SMILES string of the molecule is NC(=O)OCCn1cc(Br)cc(N2CCOCC2)c1=O. The molecular formula is C12H16BrN3O4. The lowest BCUT2D eigenvalue weighted by atomic mass is 10.3. The fraction of sp³-hybridized carbons (Fsp3) is 0.500. The average Bonchev–Trinajstić information content (AvgIpc) is 2.43. The van der Waals surface area contributed by atoms with E-state index in [2.05, 4.69) is 20.7 Å². The van der Waals surface area contributed by atoms with E-state index < -0.39 is 6.09 Å². The van der Waals surface area contributed by atoms with Crippen molar-refractivity contribution in [1.29, 1.82) is 0 Å². The van der Waals surface area contributed by atoms with Gasteiger partial charge in [-0.25, -0.2) is 4.79 Å². The van der Waals surface area contributed by atoms with Gasteiger partial charge >= 0.3 is 6.09 Å². The molecule has 20 heavy (non-hydrogen) atoms. The molecule has 0 bridgehead atoms. The number of morpholine rings is 1. The fourth-order valence-electron chi connectivity index (χ4n) is 2.03. The highest BCUT2D eigenvalue weighted by molar-refractivity contribution is 9.10. The minimum Gasteiger partial charge on any atom is -0.448 e. The van der Waals surface area contributed by atoms with E-state index in [0.29, 0.717) is 32.0 Å². The molecular weight excluding hydrogens is 330 g/mol. The second-order valence-electron chi connectivity index (χ2n) is 4.31. The monoisotopic (exact) mass is 345 g/mol. The molecule has 1 aromatic rings. The highest BCUT2D eigenvalue weighted by atomic mass is 79.9. The third kappa shape index (κ3) is 3.73. The van der Waals surface area contributed by atoms with Crippen LogP contribution in [0.5, 0.6) is 0 Å². The Bertz CT molecular complexity index is 540. The maximum Gasteiger partial charge on any atom is 0.404 e. The zero-order chi connectivity index (χ0) is 14.5. The van der Waals surface area contributed by atoms with Crippen molar-refractivity contribution in [2.45, 2.75) is 6.54 Å². The minimum atomic E-state index is -0.846. The van der Waals surface area contributed by atoms with E-state index in [9.17, 15) is 9.59 Å². The number of primary amides is 1. The van der Waals surface area contributed by atoms with E-state index in [-0.39, 0.29) is 18.7 Å². The number of hydrogen-bond acceptors (Lipinski definition) is 5. The van der Waals surface area contributed by atoms with E-state index in [1.807, 2.05) is 4.90 Å². The van der Waals surface area contributed by atoms with E-state index in [1.54, 1.807) is 12.3 Å². The quantitative estimate of drug-likeness (QED) is 0.860. The molecule has 1 aromatic heterocycles. The van der Waals surface area contributed by atoms with Crippen LogP contribution in [0, 0.1) is 0 Å². The first-order valence-corrected chi connectivity index (χ1v) is 7.02. The first-order valence-electron chi connectivity index (χ1n) is 6.23. The summed E-state index contributed by atoms with van der Waals surface area (Å²) in [6, 6.07) is 1.79. The summed E-state index contributed by atoms with van der Waals surface area (Å²) in [5, 5.41) is 0. The number of nitrogens with two attached hydrogens (primary N) is 1. The molecule has 8 heteroatoms. The minimum absolute atomic E-state index is 0.0637. The summed E-state index contributed by atoms with van der Waals surface area (Å²) in [5.74, 6) is 0. The van der Waals surface area contributed by atoms with Crippen LogP contribution in [0.1, 0.15) is 0 Å². The first kappa shape index (κ1) is 14.9. The molecule has 0 radical (unpaired) electrons. The second kappa shape index (κ2) is 6.76. The molecule has 1 aliphatic rings. The summed E-state index contributed by atoms with van der Waals surface area (Å²) in [6.45, 7) is 2.91. The fourth-order valence-corrected chi connectivity index (χ4v) is 2.49. The van der Waals surface area contributed by atoms with Crippen LogP contribution in [0.3, 0.4) is 0 Å². The largest absolute Gasteiger partial charge is 0.448 e. The third-order valence-electron chi connectivity index (χ3n) is 2.96. The van der Waals surface area contributed by atoms with Gasteiger partial charge in [-0.2, -0.15) is 0 Å². The molecule has 0 aromatic carbocycles. The number of anilines is 1. The van der Waals surface area contributed by atoms with Crippen molar-refractivity contribution in [2.75, 3.05) is 37.8 Å². The molecule has 0 aliphatic carbocycles. The Hall–Kier alpha value is -1.54. The highest BCUT2D eigenvalue weighted by Crippen LogP contribution is 2.17. The summed E-state index contributed by atoms with van der Waals surface area (Å²) in [4.78, 5) is 24.9. The molecule has 2 N–H and O–H groups in total. The summed E-state index contributed by atoms with van der Waals surface area (Å²) in [7, 11) is 0. The van der Waals surface area contributed by atoms with E-state index in [0.717, 1.165) is 4.47 Å². The van der Waals surface area contributed by atoms with Gasteiger partial charge in [-0.05, 0) is 22.0 Å². The normalized spacial score (nSPS) is 15.2. The van der Waals surface area contributed by atoms with Crippen molar-refractivity contribution < 1.29 is 14.3 Å². The van der Waals surface area contributed by atoms with Crippen molar-refractivity contribution in [3.63, 3.8) is 0 Å². The molecule has 0 unspecified atom stereocenters. The Labute approximate surface area is 124 Å². The maximum absolute atomic E-state index is 12.4. The van der Waals surface area contributed by atoms with Gasteiger partial charge in [-0.3, -0.25) is 4.79 Å². The van der Waals surface area contributed by atoms with Crippen molar-refractivity contribution in [3.8, 4) is 0 Å². The lowest BCUT2D eigenvalue weighted by Gasteiger charge is -2.28. The number of carbonyl (C=O) groups is 1. The Morgan fingerprint density at radius 2 is 2.15 bits per heavy atom. The van der Waals surface area contributed by atoms with Crippen molar-refractivity contribution in [1.82, 2.24) is 4.57 Å². The Morgan fingerprint density at radius 3 is 2.80 bits per heavy atom. The lowest BCUT2D eigenvalue weighted by molar-refractivity contribution is 0.122. The molecule has 0 saturated carbocycles. The number of pyridine rings is 1. The van der Waals surface area contributed by atoms with Gasteiger partial charge in [0.1, 0.15) is 12.3 Å². The van der Waals surface area contributed by atoms with Crippen molar-refractivity contribution >= 4 is 27.7 Å². The molecule has 2 heterocycles. The van der Waals surface area contributed by atoms with Crippen LogP contribution < -0.4 is 16.2 Å². The number of amides is 1. The number of rotatable bonds is 4. The molecule has 1 fully saturated rings. The predicted octanol–water partition coefficient (Wildman–Crippen LogP) is 0.543. The van der Waals surface area contributed by atoms with Crippen LogP contribution in [0.25, 0.3) is 0 Å².